The van der Waals surface area contributed by atoms with Crippen LogP contribution in [0.5, 0.6) is 0 Å². The number of nitrogens with zero attached hydrogens (tertiary/aromatic N) is 2. The van der Waals surface area contributed by atoms with E-state index in [1.165, 1.54) is 5.56 Å². The number of amides is 1. The SMILES string of the molecule is Cc1ccc(NC(=O)c2cc(-c3cccnc3)n[nH]2)cc1C. The number of hydrogen-bond acceptors (Lipinski definition) is 3. The van der Waals surface area contributed by atoms with E-state index >= 15 is 0 Å². The smallest absolute Gasteiger partial charge is 0.273 e. The summed E-state index contributed by atoms with van der Waals surface area (Å²) in [6.45, 7) is 4.05. The summed E-state index contributed by atoms with van der Waals surface area (Å²) in [4.78, 5) is 16.3. The number of carbonyl (C=O) groups excluding carboxylic acids is 1. The molecule has 3 aromatic rings. The van der Waals surface area contributed by atoms with Crippen molar-refractivity contribution in [2.75, 3.05) is 5.32 Å². The second-order valence-electron chi connectivity index (χ2n) is 5.16. The Bertz CT molecular complexity index is 809. The molecule has 0 saturated carbocycles. The number of carbonyl (C=O) groups is 1. The molecule has 2 aromatic heterocycles. The Balaban J connectivity index is 1.78. The van der Waals surface area contributed by atoms with E-state index in [1.807, 2.05) is 44.2 Å². The van der Waals surface area contributed by atoms with Crippen molar-refractivity contribution < 1.29 is 4.79 Å². The normalized spacial score (nSPS) is 10.5. The van der Waals surface area contributed by atoms with Gasteiger partial charge in [-0.2, -0.15) is 5.10 Å². The number of aryl methyl sites for hydroxylation is 2. The lowest BCUT2D eigenvalue weighted by molar-refractivity contribution is 0.102. The van der Waals surface area contributed by atoms with Gasteiger partial charge in [0.05, 0.1) is 5.69 Å². The highest BCUT2D eigenvalue weighted by molar-refractivity contribution is 6.03. The maximum Gasteiger partial charge on any atom is 0.273 e. The van der Waals surface area contributed by atoms with Gasteiger partial charge >= 0.3 is 0 Å². The first-order valence-electron chi connectivity index (χ1n) is 6.98. The average molecular weight is 292 g/mol. The van der Waals surface area contributed by atoms with Gasteiger partial charge < -0.3 is 5.32 Å². The van der Waals surface area contributed by atoms with Gasteiger partial charge in [-0.25, -0.2) is 0 Å². The number of aromatic nitrogens is 3. The quantitative estimate of drug-likeness (QED) is 0.777. The number of hydrogen-bond donors (Lipinski definition) is 2. The largest absolute Gasteiger partial charge is 0.321 e. The van der Waals surface area contributed by atoms with Gasteiger partial charge in [0.2, 0.25) is 0 Å². The van der Waals surface area contributed by atoms with E-state index < -0.39 is 0 Å². The molecule has 0 aliphatic heterocycles. The number of rotatable bonds is 3. The lowest BCUT2D eigenvalue weighted by atomic mass is 10.1. The van der Waals surface area contributed by atoms with E-state index in [2.05, 4.69) is 20.5 Å². The van der Waals surface area contributed by atoms with Gasteiger partial charge in [0.15, 0.2) is 0 Å². The third-order valence-electron chi connectivity index (χ3n) is 3.54. The molecule has 0 atom stereocenters. The zero-order chi connectivity index (χ0) is 15.5. The summed E-state index contributed by atoms with van der Waals surface area (Å²) in [5.74, 6) is -0.217. The van der Waals surface area contributed by atoms with Gasteiger partial charge in [-0.15, -0.1) is 0 Å². The molecule has 0 fully saturated rings. The number of benzene rings is 1. The van der Waals surface area contributed by atoms with Gasteiger partial charge in [0.1, 0.15) is 5.69 Å². The van der Waals surface area contributed by atoms with E-state index in [0.717, 1.165) is 16.8 Å². The highest BCUT2D eigenvalue weighted by atomic mass is 16.1. The Morgan fingerprint density at radius 3 is 2.73 bits per heavy atom. The van der Waals surface area contributed by atoms with Gasteiger partial charge in [-0.05, 0) is 55.3 Å². The monoisotopic (exact) mass is 292 g/mol. The van der Waals surface area contributed by atoms with Crippen LogP contribution in [0.4, 0.5) is 5.69 Å². The first-order chi connectivity index (χ1) is 10.6. The molecular weight excluding hydrogens is 276 g/mol. The summed E-state index contributed by atoms with van der Waals surface area (Å²) in [6, 6.07) is 11.3. The van der Waals surface area contributed by atoms with Crippen LogP contribution in [-0.2, 0) is 0 Å². The zero-order valence-electron chi connectivity index (χ0n) is 12.4. The second kappa shape index (κ2) is 5.81. The molecule has 22 heavy (non-hydrogen) atoms. The van der Waals surface area contributed by atoms with Crippen molar-refractivity contribution in [2.45, 2.75) is 13.8 Å². The maximum atomic E-state index is 12.3. The molecule has 0 unspecified atom stereocenters. The number of nitrogens with one attached hydrogen (secondary N) is 2. The Morgan fingerprint density at radius 1 is 1.14 bits per heavy atom. The molecule has 5 nitrogen and oxygen atoms in total. The van der Waals surface area contributed by atoms with E-state index in [4.69, 9.17) is 0 Å². The molecule has 0 aliphatic carbocycles. The summed E-state index contributed by atoms with van der Waals surface area (Å²) in [5, 5.41) is 9.78. The van der Waals surface area contributed by atoms with Crippen LogP contribution in [0.3, 0.4) is 0 Å². The molecule has 1 amide bonds. The van der Waals surface area contributed by atoms with Crippen LogP contribution in [0.25, 0.3) is 11.3 Å². The van der Waals surface area contributed by atoms with Crippen LogP contribution in [0, 0.1) is 13.8 Å². The summed E-state index contributed by atoms with van der Waals surface area (Å²) in [5.41, 5.74) is 5.07. The first-order valence-corrected chi connectivity index (χ1v) is 6.98. The fraction of sp³-hybridized carbons (Fsp3) is 0.118. The molecule has 5 heteroatoms. The summed E-state index contributed by atoms with van der Waals surface area (Å²) >= 11 is 0. The zero-order valence-corrected chi connectivity index (χ0v) is 12.4. The first kappa shape index (κ1) is 14.0. The van der Waals surface area contributed by atoms with Gasteiger partial charge in [0.25, 0.3) is 5.91 Å². The fourth-order valence-electron chi connectivity index (χ4n) is 2.12. The predicted octanol–water partition coefficient (Wildman–Crippen LogP) is 3.34. The molecule has 3 rings (SSSR count). The van der Waals surface area contributed by atoms with Crippen molar-refractivity contribution in [1.29, 1.82) is 0 Å². The average Bonchev–Trinajstić information content (AvgIpc) is 3.02. The topological polar surface area (TPSA) is 70.7 Å². The highest BCUT2D eigenvalue weighted by Crippen LogP contribution is 2.18. The molecule has 2 heterocycles. The molecule has 2 N–H and O–H groups in total. The van der Waals surface area contributed by atoms with Crippen molar-refractivity contribution >= 4 is 11.6 Å². The minimum absolute atomic E-state index is 0.217. The lowest BCUT2D eigenvalue weighted by Gasteiger charge is -2.06. The highest BCUT2D eigenvalue weighted by Gasteiger charge is 2.11. The Morgan fingerprint density at radius 2 is 2.00 bits per heavy atom. The van der Waals surface area contributed by atoms with Crippen LogP contribution >= 0.6 is 0 Å². The van der Waals surface area contributed by atoms with Gasteiger partial charge in [-0.3, -0.25) is 14.9 Å². The molecular formula is C17H16N4O. The third kappa shape index (κ3) is 2.88. The molecule has 0 spiro atoms. The van der Waals surface area contributed by atoms with E-state index in [0.29, 0.717) is 11.4 Å². The second-order valence-corrected chi connectivity index (χ2v) is 5.16. The van der Waals surface area contributed by atoms with Crippen molar-refractivity contribution in [3.63, 3.8) is 0 Å². The van der Waals surface area contributed by atoms with Crippen LogP contribution < -0.4 is 5.32 Å². The Labute approximate surface area is 128 Å². The van der Waals surface area contributed by atoms with E-state index in [-0.39, 0.29) is 5.91 Å². The van der Waals surface area contributed by atoms with Crippen molar-refractivity contribution in [2.24, 2.45) is 0 Å². The van der Waals surface area contributed by atoms with E-state index in [1.54, 1.807) is 18.5 Å². The number of aromatic amines is 1. The molecule has 0 bridgehead atoms. The number of pyridine rings is 1. The number of anilines is 1. The number of H-pyrrole nitrogens is 1. The molecule has 110 valence electrons. The standard InChI is InChI=1S/C17H16N4O/c1-11-5-6-14(8-12(11)2)19-17(22)16-9-15(20-21-16)13-4-3-7-18-10-13/h3-10H,1-2H3,(H,19,22)(H,20,21). The van der Waals surface area contributed by atoms with Crippen LogP contribution in [0.2, 0.25) is 0 Å². The molecule has 0 saturated heterocycles. The maximum absolute atomic E-state index is 12.3. The Hall–Kier alpha value is -2.95. The fourth-order valence-corrected chi connectivity index (χ4v) is 2.12. The summed E-state index contributed by atoms with van der Waals surface area (Å²) < 4.78 is 0. The van der Waals surface area contributed by atoms with Crippen molar-refractivity contribution in [3.05, 3.63) is 65.6 Å². The van der Waals surface area contributed by atoms with Gasteiger partial charge in [-0.1, -0.05) is 6.07 Å². The van der Waals surface area contributed by atoms with E-state index in [9.17, 15) is 4.79 Å². The summed E-state index contributed by atoms with van der Waals surface area (Å²) in [7, 11) is 0. The molecule has 0 aliphatic rings. The molecule has 1 aromatic carbocycles. The predicted molar refractivity (Wildman–Crippen MR) is 85.7 cm³/mol. The summed E-state index contributed by atoms with van der Waals surface area (Å²) in [6.07, 6.45) is 3.41. The van der Waals surface area contributed by atoms with Crippen LogP contribution in [0.15, 0.2) is 48.8 Å². The molecule has 0 radical (unpaired) electrons. The minimum Gasteiger partial charge on any atom is -0.321 e. The Kier molecular flexibility index (Phi) is 3.70. The van der Waals surface area contributed by atoms with Crippen molar-refractivity contribution in [1.82, 2.24) is 15.2 Å². The van der Waals surface area contributed by atoms with Crippen molar-refractivity contribution in [3.8, 4) is 11.3 Å². The third-order valence-corrected chi connectivity index (χ3v) is 3.54. The van der Waals surface area contributed by atoms with Crippen LogP contribution in [-0.4, -0.2) is 21.1 Å². The minimum atomic E-state index is -0.217. The lowest BCUT2D eigenvalue weighted by Crippen LogP contribution is -2.12. The van der Waals surface area contributed by atoms with Crippen LogP contribution in [0.1, 0.15) is 21.6 Å². The van der Waals surface area contributed by atoms with Gasteiger partial charge in [0, 0.05) is 23.6 Å².